The third-order valence-electron chi connectivity index (χ3n) is 4.61. The van der Waals surface area contributed by atoms with Gasteiger partial charge in [-0.1, -0.05) is 23.7 Å². The van der Waals surface area contributed by atoms with Crippen molar-refractivity contribution in [2.75, 3.05) is 44.0 Å². The summed E-state index contributed by atoms with van der Waals surface area (Å²) in [5, 5.41) is 15.2. The molecule has 0 aliphatic carbocycles. The Morgan fingerprint density at radius 2 is 2.00 bits per heavy atom. The van der Waals surface area contributed by atoms with Crippen molar-refractivity contribution in [3.8, 4) is 0 Å². The molecule has 9 heteroatoms. The normalized spacial score (nSPS) is 14.9. The molecular weight excluding hydrogens is 384 g/mol. The summed E-state index contributed by atoms with van der Waals surface area (Å²) < 4.78 is 4.99. The molecule has 1 heterocycles. The lowest BCUT2D eigenvalue weighted by Crippen LogP contribution is -2.28. The number of halogens is 1. The number of benzene rings is 2. The fourth-order valence-corrected chi connectivity index (χ4v) is 3.23. The topological polar surface area (TPSA) is 87.9 Å². The van der Waals surface area contributed by atoms with Gasteiger partial charge in [0, 0.05) is 23.7 Å². The van der Waals surface area contributed by atoms with Gasteiger partial charge in [-0.3, -0.25) is 15.0 Å². The van der Waals surface area contributed by atoms with Crippen molar-refractivity contribution in [1.29, 1.82) is 0 Å². The highest BCUT2D eigenvalue weighted by Crippen LogP contribution is 2.33. The van der Waals surface area contributed by atoms with Gasteiger partial charge in [0.05, 0.1) is 28.9 Å². The number of anilines is 2. The monoisotopic (exact) mass is 404 g/mol. The van der Waals surface area contributed by atoms with Crippen molar-refractivity contribution in [2.45, 2.75) is 6.04 Å². The van der Waals surface area contributed by atoms with Gasteiger partial charge in [0.1, 0.15) is 6.61 Å². The standard InChI is InChI=1S/C19H21ClN4O4/c1-22(2)18(13-3-5-14(20)6-4-13)12-21-16-8-7-15(24(26)27)11-17(16)23-9-10-28-19(23)25/h3-8,11,18,21H,9-10,12H2,1-2H3. The number of hydrogen-bond acceptors (Lipinski definition) is 6. The van der Waals surface area contributed by atoms with Crippen molar-refractivity contribution in [2.24, 2.45) is 0 Å². The summed E-state index contributed by atoms with van der Waals surface area (Å²) in [4.78, 5) is 26.1. The number of carbonyl (C=O) groups is 1. The molecule has 0 saturated carbocycles. The third-order valence-corrected chi connectivity index (χ3v) is 4.86. The van der Waals surface area contributed by atoms with Gasteiger partial charge in [0.25, 0.3) is 5.69 Å². The van der Waals surface area contributed by atoms with Crippen LogP contribution in [0.15, 0.2) is 42.5 Å². The molecule has 2 aromatic carbocycles. The van der Waals surface area contributed by atoms with Crippen molar-refractivity contribution in [3.63, 3.8) is 0 Å². The number of hydrogen-bond donors (Lipinski definition) is 1. The molecule has 0 radical (unpaired) electrons. The minimum Gasteiger partial charge on any atom is -0.447 e. The Labute approximate surface area is 167 Å². The number of nitro benzene ring substituents is 1. The molecule has 1 aliphatic heterocycles. The highest BCUT2D eigenvalue weighted by molar-refractivity contribution is 6.30. The predicted molar refractivity (Wildman–Crippen MR) is 108 cm³/mol. The second-order valence-electron chi connectivity index (χ2n) is 6.64. The van der Waals surface area contributed by atoms with Crippen LogP contribution in [0.2, 0.25) is 5.02 Å². The summed E-state index contributed by atoms with van der Waals surface area (Å²) in [6.07, 6.45) is -0.509. The molecule has 0 bridgehead atoms. The SMILES string of the molecule is CN(C)C(CNc1ccc([N+](=O)[O-])cc1N1CCOC1=O)c1ccc(Cl)cc1. The van der Waals surface area contributed by atoms with E-state index in [1.165, 1.54) is 17.0 Å². The fraction of sp³-hybridized carbons (Fsp3) is 0.316. The number of amides is 1. The van der Waals surface area contributed by atoms with E-state index < -0.39 is 11.0 Å². The zero-order chi connectivity index (χ0) is 20.3. The smallest absolute Gasteiger partial charge is 0.414 e. The summed E-state index contributed by atoms with van der Waals surface area (Å²) >= 11 is 5.98. The van der Waals surface area contributed by atoms with Crippen LogP contribution in [0.4, 0.5) is 21.9 Å². The molecule has 1 atom stereocenters. The van der Waals surface area contributed by atoms with Crippen LogP contribution in [0, 0.1) is 10.1 Å². The van der Waals surface area contributed by atoms with Gasteiger partial charge in [-0.2, -0.15) is 0 Å². The lowest BCUT2D eigenvalue weighted by molar-refractivity contribution is -0.384. The summed E-state index contributed by atoms with van der Waals surface area (Å²) in [7, 11) is 3.94. The number of rotatable bonds is 7. The molecule has 0 spiro atoms. The van der Waals surface area contributed by atoms with Crippen molar-refractivity contribution in [1.82, 2.24) is 4.90 Å². The van der Waals surface area contributed by atoms with Gasteiger partial charge in [-0.15, -0.1) is 0 Å². The number of cyclic esters (lactones) is 1. The fourth-order valence-electron chi connectivity index (χ4n) is 3.11. The van der Waals surface area contributed by atoms with Gasteiger partial charge >= 0.3 is 6.09 Å². The number of non-ortho nitro benzene ring substituents is 1. The van der Waals surface area contributed by atoms with Crippen molar-refractivity contribution >= 4 is 34.8 Å². The van der Waals surface area contributed by atoms with Crippen LogP contribution in [-0.2, 0) is 4.74 Å². The maximum Gasteiger partial charge on any atom is 0.414 e. The van der Waals surface area contributed by atoms with E-state index in [-0.39, 0.29) is 18.3 Å². The Hall–Kier alpha value is -2.84. The maximum atomic E-state index is 12.0. The van der Waals surface area contributed by atoms with E-state index in [0.717, 1.165) is 5.56 Å². The van der Waals surface area contributed by atoms with Crippen molar-refractivity contribution in [3.05, 3.63) is 63.2 Å². The zero-order valence-electron chi connectivity index (χ0n) is 15.6. The van der Waals surface area contributed by atoms with Crippen LogP contribution >= 0.6 is 11.6 Å². The third kappa shape index (κ3) is 4.35. The number of likely N-dealkylation sites (N-methyl/N-ethyl adjacent to an activating group) is 1. The minimum atomic E-state index is -0.509. The molecule has 1 fully saturated rings. The Bertz CT molecular complexity index is 873. The molecule has 1 aliphatic rings. The van der Waals surface area contributed by atoms with Crippen LogP contribution in [0.3, 0.4) is 0 Å². The number of carbonyl (C=O) groups excluding carboxylic acids is 1. The second-order valence-corrected chi connectivity index (χ2v) is 7.07. The van der Waals surface area contributed by atoms with Crippen LogP contribution in [-0.4, -0.2) is 49.7 Å². The van der Waals surface area contributed by atoms with Gasteiger partial charge in [-0.25, -0.2) is 4.79 Å². The first-order valence-electron chi connectivity index (χ1n) is 8.75. The number of nitrogens with one attached hydrogen (secondary N) is 1. The number of ether oxygens (including phenoxy) is 1. The molecule has 2 aromatic rings. The van der Waals surface area contributed by atoms with E-state index in [1.54, 1.807) is 6.07 Å². The Kier molecular flexibility index (Phi) is 6.01. The summed E-state index contributed by atoms with van der Waals surface area (Å²) in [5.74, 6) is 0. The van der Waals surface area contributed by atoms with Crippen LogP contribution < -0.4 is 10.2 Å². The molecule has 28 heavy (non-hydrogen) atoms. The molecule has 1 amide bonds. The van der Waals surface area contributed by atoms with Gasteiger partial charge in [-0.05, 0) is 37.9 Å². The highest BCUT2D eigenvalue weighted by Gasteiger charge is 2.28. The van der Waals surface area contributed by atoms with Crippen molar-refractivity contribution < 1.29 is 14.5 Å². The number of nitrogens with zero attached hydrogens (tertiary/aromatic N) is 3. The highest BCUT2D eigenvalue weighted by atomic mass is 35.5. The first-order chi connectivity index (χ1) is 13.4. The Morgan fingerprint density at radius 3 is 2.57 bits per heavy atom. The van der Waals surface area contributed by atoms with Crippen LogP contribution in [0.5, 0.6) is 0 Å². The molecular formula is C19H21ClN4O4. The lowest BCUT2D eigenvalue weighted by atomic mass is 10.1. The minimum absolute atomic E-state index is 0.0332. The summed E-state index contributed by atoms with van der Waals surface area (Å²) in [5.41, 5.74) is 2.06. The molecule has 1 saturated heterocycles. The molecule has 1 unspecified atom stereocenters. The maximum absolute atomic E-state index is 12.0. The van der Waals surface area contributed by atoms with Crippen LogP contribution in [0.25, 0.3) is 0 Å². The van der Waals surface area contributed by atoms with E-state index in [4.69, 9.17) is 16.3 Å². The molecule has 1 N–H and O–H groups in total. The first-order valence-corrected chi connectivity index (χ1v) is 9.13. The first kappa shape index (κ1) is 19.9. The molecule has 8 nitrogen and oxygen atoms in total. The van der Waals surface area contributed by atoms with E-state index in [0.29, 0.717) is 29.5 Å². The van der Waals surface area contributed by atoms with Crippen LogP contribution in [0.1, 0.15) is 11.6 Å². The molecule has 148 valence electrons. The Balaban J connectivity index is 1.86. The quantitative estimate of drug-likeness (QED) is 0.555. The second kappa shape index (κ2) is 8.45. The van der Waals surface area contributed by atoms with E-state index in [9.17, 15) is 14.9 Å². The van der Waals surface area contributed by atoms with Gasteiger partial charge in [0.2, 0.25) is 0 Å². The van der Waals surface area contributed by atoms with E-state index in [1.807, 2.05) is 38.4 Å². The van der Waals surface area contributed by atoms with E-state index in [2.05, 4.69) is 10.2 Å². The average molecular weight is 405 g/mol. The van der Waals surface area contributed by atoms with Gasteiger partial charge in [0.15, 0.2) is 0 Å². The van der Waals surface area contributed by atoms with Gasteiger partial charge < -0.3 is 15.0 Å². The predicted octanol–water partition coefficient (Wildman–Crippen LogP) is 3.92. The lowest BCUT2D eigenvalue weighted by Gasteiger charge is -2.27. The molecule has 3 rings (SSSR count). The average Bonchev–Trinajstić information content (AvgIpc) is 3.08. The largest absolute Gasteiger partial charge is 0.447 e. The zero-order valence-corrected chi connectivity index (χ0v) is 16.3. The summed E-state index contributed by atoms with van der Waals surface area (Å²) in [6.45, 7) is 1.14. The molecule has 0 aromatic heterocycles. The Morgan fingerprint density at radius 1 is 1.29 bits per heavy atom. The summed E-state index contributed by atoms with van der Waals surface area (Å²) in [6, 6.07) is 12.1. The number of nitro groups is 1. The van der Waals surface area contributed by atoms with E-state index >= 15 is 0 Å².